The molecule has 0 fully saturated rings. The van der Waals surface area contributed by atoms with Gasteiger partial charge in [0.15, 0.2) is 0 Å². The summed E-state index contributed by atoms with van der Waals surface area (Å²) in [6, 6.07) is 16.1. The van der Waals surface area contributed by atoms with Crippen LogP contribution in [0.1, 0.15) is 10.6 Å². The van der Waals surface area contributed by atoms with Crippen molar-refractivity contribution in [1.82, 2.24) is 5.16 Å². The van der Waals surface area contributed by atoms with Gasteiger partial charge in [0, 0.05) is 17.3 Å². The van der Waals surface area contributed by atoms with Crippen LogP contribution in [0.15, 0.2) is 59.1 Å². The summed E-state index contributed by atoms with van der Waals surface area (Å²) in [4.78, 5) is 10.7. The number of rotatable bonds is 3. The number of carbonyl (C=O) groups excluding carboxylic acids is 1. The first-order chi connectivity index (χ1) is 11.5. The summed E-state index contributed by atoms with van der Waals surface area (Å²) in [5, 5.41) is 3.63. The molecule has 0 spiro atoms. The van der Waals surface area contributed by atoms with E-state index in [1.807, 2.05) is 30.3 Å². The molecule has 7 heteroatoms. The fourth-order valence-electron chi connectivity index (χ4n) is 1.80. The molecule has 2 aromatic carbocycles. The van der Waals surface area contributed by atoms with Gasteiger partial charge in [0.25, 0.3) is 5.24 Å². The number of anilines is 1. The molecule has 3 rings (SSSR count). The molecule has 0 aliphatic rings. The zero-order chi connectivity index (χ0) is 17.5. The second-order valence-electron chi connectivity index (χ2n) is 4.61. The van der Waals surface area contributed by atoms with Gasteiger partial charge in [0.1, 0.15) is 11.4 Å². The Labute approximate surface area is 148 Å². The Balaban J connectivity index is 0.000000185. The highest BCUT2D eigenvalue weighted by Crippen LogP contribution is 2.25. The molecule has 0 amide bonds. The lowest BCUT2D eigenvalue weighted by atomic mass is 10.1. The Morgan fingerprint density at radius 3 is 2.42 bits per heavy atom. The van der Waals surface area contributed by atoms with E-state index in [2.05, 4.69) is 5.16 Å². The van der Waals surface area contributed by atoms with E-state index in [4.69, 9.17) is 38.2 Å². The van der Waals surface area contributed by atoms with Crippen LogP contribution in [0.5, 0.6) is 5.75 Å². The first-order valence-corrected chi connectivity index (χ1v) is 7.58. The van der Waals surface area contributed by atoms with E-state index in [0.717, 1.165) is 5.56 Å². The molecule has 0 unspecified atom stereocenters. The zero-order valence-corrected chi connectivity index (χ0v) is 14.2. The first-order valence-electron chi connectivity index (χ1n) is 6.82. The maximum Gasteiger partial charge on any atom is 0.290 e. The standard InChI is InChI=1S/C10H6ClNO2.C7H8ClNO/c11-10(13)9-6-8(12-14-9)7-4-2-1-3-5-7;1-10-7-3-2-5(9)4-6(7)8/h1-6H;2-4H,9H2,1H3. The quantitative estimate of drug-likeness (QED) is 0.540. The third-order valence-electron chi connectivity index (χ3n) is 2.95. The molecule has 0 aliphatic heterocycles. The Morgan fingerprint density at radius 2 is 1.88 bits per heavy atom. The van der Waals surface area contributed by atoms with Crippen LogP contribution in [0.3, 0.4) is 0 Å². The number of halogens is 2. The molecule has 24 heavy (non-hydrogen) atoms. The average Bonchev–Trinajstić information content (AvgIpc) is 3.07. The largest absolute Gasteiger partial charge is 0.495 e. The van der Waals surface area contributed by atoms with Gasteiger partial charge in [-0.2, -0.15) is 0 Å². The normalized spacial score (nSPS) is 9.79. The van der Waals surface area contributed by atoms with Gasteiger partial charge in [-0.25, -0.2) is 0 Å². The highest BCUT2D eigenvalue weighted by atomic mass is 35.5. The molecular formula is C17H14Cl2N2O3. The van der Waals surface area contributed by atoms with Crippen molar-refractivity contribution in [1.29, 1.82) is 0 Å². The number of nitrogens with zero attached hydrogens (tertiary/aromatic N) is 1. The molecule has 124 valence electrons. The molecular weight excluding hydrogens is 351 g/mol. The Bertz CT molecular complexity index is 820. The summed E-state index contributed by atoms with van der Waals surface area (Å²) in [6.45, 7) is 0. The highest BCUT2D eigenvalue weighted by Gasteiger charge is 2.10. The van der Waals surface area contributed by atoms with Crippen molar-refractivity contribution in [3.8, 4) is 17.0 Å². The minimum absolute atomic E-state index is 0.0607. The second kappa shape index (κ2) is 8.38. The minimum Gasteiger partial charge on any atom is -0.495 e. The van der Waals surface area contributed by atoms with Crippen molar-refractivity contribution >= 4 is 34.1 Å². The SMILES string of the molecule is COc1ccc(N)cc1Cl.O=C(Cl)c1cc(-c2ccccc2)no1. The summed E-state index contributed by atoms with van der Waals surface area (Å²) in [5.41, 5.74) is 7.58. The molecule has 0 bridgehead atoms. The van der Waals surface area contributed by atoms with Crippen molar-refractivity contribution in [3.05, 3.63) is 65.4 Å². The second-order valence-corrected chi connectivity index (χ2v) is 5.36. The molecule has 0 saturated carbocycles. The lowest BCUT2D eigenvalue weighted by Crippen LogP contribution is -1.87. The molecule has 5 nitrogen and oxygen atoms in total. The topological polar surface area (TPSA) is 78.4 Å². The van der Waals surface area contributed by atoms with Gasteiger partial charge in [-0.1, -0.05) is 47.1 Å². The molecule has 3 aromatic rings. The maximum absolute atomic E-state index is 10.7. The van der Waals surface area contributed by atoms with Crippen molar-refractivity contribution in [2.45, 2.75) is 0 Å². The minimum atomic E-state index is -0.639. The third kappa shape index (κ3) is 4.75. The number of ether oxygens (including phenoxy) is 1. The maximum atomic E-state index is 10.7. The first kappa shape index (κ1) is 17.8. The summed E-state index contributed by atoms with van der Waals surface area (Å²) in [6.07, 6.45) is 0. The van der Waals surface area contributed by atoms with Crippen LogP contribution in [0.2, 0.25) is 5.02 Å². The van der Waals surface area contributed by atoms with E-state index in [1.165, 1.54) is 6.07 Å². The van der Waals surface area contributed by atoms with Gasteiger partial charge in [0.05, 0.1) is 12.1 Å². The highest BCUT2D eigenvalue weighted by molar-refractivity contribution is 6.67. The summed E-state index contributed by atoms with van der Waals surface area (Å²) >= 11 is 11.0. The van der Waals surface area contributed by atoms with Crippen LogP contribution in [0.25, 0.3) is 11.3 Å². The predicted octanol–water partition coefficient (Wildman–Crippen LogP) is 4.65. The number of hydrogen-bond acceptors (Lipinski definition) is 5. The van der Waals surface area contributed by atoms with Crippen molar-refractivity contribution in [3.63, 3.8) is 0 Å². The summed E-state index contributed by atoms with van der Waals surface area (Å²) in [7, 11) is 1.57. The lowest BCUT2D eigenvalue weighted by Gasteiger charge is -2.01. The molecule has 2 N–H and O–H groups in total. The van der Waals surface area contributed by atoms with Crippen LogP contribution in [-0.2, 0) is 0 Å². The number of carbonyl (C=O) groups is 1. The monoisotopic (exact) mass is 364 g/mol. The number of hydrogen-bond donors (Lipinski definition) is 1. The van der Waals surface area contributed by atoms with Crippen LogP contribution < -0.4 is 10.5 Å². The van der Waals surface area contributed by atoms with Gasteiger partial charge in [0.2, 0.25) is 5.76 Å². The van der Waals surface area contributed by atoms with Crippen LogP contribution in [0.4, 0.5) is 5.69 Å². The fourth-order valence-corrected chi connectivity index (χ4v) is 2.15. The van der Waals surface area contributed by atoms with Gasteiger partial charge >= 0.3 is 0 Å². The number of nitrogens with two attached hydrogens (primary N) is 1. The van der Waals surface area contributed by atoms with Crippen molar-refractivity contribution in [2.75, 3.05) is 12.8 Å². The molecule has 0 radical (unpaired) electrons. The molecule has 1 heterocycles. The molecule has 1 aromatic heterocycles. The summed E-state index contributed by atoms with van der Waals surface area (Å²) < 4.78 is 9.66. The Kier molecular flexibility index (Phi) is 6.23. The molecule has 0 aliphatic carbocycles. The van der Waals surface area contributed by atoms with Gasteiger partial charge < -0.3 is 15.0 Å². The average molecular weight is 365 g/mol. The number of benzene rings is 2. The smallest absolute Gasteiger partial charge is 0.290 e. The van der Waals surface area contributed by atoms with E-state index in [9.17, 15) is 4.79 Å². The van der Waals surface area contributed by atoms with Crippen LogP contribution in [0, 0.1) is 0 Å². The van der Waals surface area contributed by atoms with Gasteiger partial charge in [-0.05, 0) is 29.8 Å². The lowest BCUT2D eigenvalue weighted by molar-refractivity contribution is 0.104. The van der Waals surface area contributed by atoms with Crippen molar-refractivity contribution in [2.24, 2.45) is 0 Å². The third-order valence-corrected chi connectivity index (χ3v) is 3.43. The number of nitrogen functional groups attached to an aromatic ring is 1. The van der Waals surface area contributed by atoms with Gasteiger partial charge in [-0.15, -0.1) is 0 Å². The van der Waals surface area contributed by atoms with Crippen LogP contribution in [-0.4, -0.2) is 17.5 Å². The Hall–Kier alpha value is -2.50. The van der Waals surface area contributed by atoms with E-state index in [1.54, 1.807) is 25.3 Å². The number of methoxy groups -OCH3 is 1. The number of aromatic nitrogens is 1. The van der Waals surface area contributed by atoms with Crippen LogP contribution >= 0.6 is 23.2 Å². The molecule has 0 saturated heterocycles. The van der Waals surface area contributed by atoms with E-state index in [0.29, 0.717) is 22.2 Å². The summed E-state index contributed by atoms with van der Waals surface area (Å²) in [5.74, 6) is 0.710. The zero-order valence-electron chi connectivity index (χ0n) is 12.7. The van der Waals surface area contributed by atoms with Crippen molar-refractivity contribution < 1.29 is 14.1 Å². The van der Waals surface area contributed by atoms with Gasteiger partial charge in [-0.3, -0.25) is 4.79 Å². The predicted molar refractivity (Wildman–Crippen MR) is 94.5 cm³/mol. The molecule has 0 atom stereocenters. The fraction of sp³-hybridized carbons (Fsp3) is 0.0588. The van der Waals surface area contributed by atoms with E-state index in [-0.39, 0.29) is 5.76 Å². The van der Waals surface area contributed by atoms with E-state index < -0.39 is 5.24 Å². The Morgan fingerprint density at radius 1 is 1.17 bits per heavy atom. The van der Waals surface area contributed by atoms with E-state index >= 15 is 0 Å².